The highest BCUT2D eigenvalue weighted by atomic mass is 16.5. The second-order valence-corrected chi connectivity index (χ2v) is 10.1. The second-order valence-electron chi connectivity index (χ2n) is 10.1. The number of amides is 1. The first-order valence-electron chi connectivity index (χ1n) is 12.6. The number of benzene rings is 2. The van der Waals surface area contributed by atoms with E-state index >= 15 is 0 Å². The summed E-state index contributed by atoms with van der Waals surface area (Å²) in [7, 11) is 1.70. The topological polar surface area (TPSA) is 44.8 Å². The molecule has 2 aromatic carbocycles. The molecule has 2 heterocycles. The lowest BCUT2D eigenvalue weighted by Gasteiger charge is -2.33. The zero-order chi connectivity index (χ0) is 22.7. The zero-order valence-electron chi connectivity index (χ0n) is 19.9. The number of carbonyl (C=O) groups excluding carboxylic acids is 1. The summed E-state index contributed by atoms with van der Waals surface area (Å²) in [6.07, 6.45) is 6.79. The van der Waals surface area contributed by atoms with E-state index in [1.807, 2.05) is 18.2 Å². The van der Waals surface area contributed by atoms with Crippen molar-refractivity contribution in [3.05, 3.63) is 59.7 Å². The molecule has 0 unspecified atom stereocenters. The monoisotopic (exact) mass is 447 g/mol. The van der Waals surface area contributed by atoms with Crippen molar-refractivity contribution in [2.75, 3.05) is 44.7 Å². The van der Waals surface area contributed by atoms with Gasteiger partial charge in [-0.15, -0.1) is 0 Å². The number of carbonyl (C=O) groups is 1. The molecule has 5 rings (SSSR count). The van der Waals surface area contributed by atoms with Gasteiger partial charge < -0.3 is 15.0 Å². The predicted molar refractivity (Wildman–Crippen MR) is 133 cm³/mol. The molecule has 176 valence electrons. The first-order valence-corrected chi connectivity index (χ1v) is 12.6. The molecule has 2 aliphatic heterocycles. The number of hydrogen-bond donors (Lipinski definition) is 1. The van der Waals surface area contributed by atoms with Crippen LogP contribution in [-0.2, 0) is 17.8 Å². The van der Waals surface area contributed by atoms with Crippen LogP contribution in [-0.4, -0.2) is 50.6 Å². The molecule has 1 aliphatic carbocycles. The molecule has 2 saturated heterocycles. The van der Waals surface area contributed by atoms with Crippen LogP contribution in [0, 0.1) is 11.3 Å². The number of rotatable bonds is 8. The first kappa shape index (κ1) is 22.3. The Balaban J connectivity index is 1.05. The Kier molecular flexibility index (Phi) is 6.59. The van der Waals surface area contributed by atoms with Crippen LogP contribution in [0.4, 0.5) is 5.69 Å². The number of nitrogens with one attached hydrogen (secondary N) is 1. The molecule has 1 N–H and O–H groups in total. The molecule has 1 spiro atoms. The van der Waals surface area contributed by atoms with E-state index < -0.39 is 0 Å². The van der Waals surface area contributed by atoms with Crippen molar-refractivity contribution in [1.29, 1.82) is 0 Å². The summed E-state index contributed by atoms with van der Waals surface area (Å²) in [6.45, 7) is 6.28. The summed E-state index contributed by atoms with van der Waals surface area (Å²) in [5.74, 6) is 1.35. The fraction of sp³-hybridized carbons (Fsp3) is 0.536. The molecule has 3 aliphatic rings. The van der Waals surface area contributed by atoms with Gasteiger partial charge in [-0.3, -0.25) is 9.69 Å². The van der Waals surface area contributed by atoms with Crippen molar-refractivity contribution in [2.24, 2.45) is 11.3 Å². The summed E-state index contributed by atoms with van der Waals surface area (Å²) in [6, 6.07) is 17.2. The Labute approximate surface area is 198 Å². The minimum Gasteiger partial charge on any atom is -0.496 e. The SMILES string of the molecule is COc1ccccc1CCNC(=O)[C@@H]1CC12CCN(Cc1ccc(N3CCCC3)cc1)CC2. The van der Waals surface area contributed by atoms with E-state index in [0.717, 1.165) is 56.6 Å². The summed E-state index contributed by atoms with van der Waals surface area (Å²) in [4.78, 5) is 17.8. The first-order chi connectivity index (χ1) is 16.2. The minimum atomic E-state index is 0.206. The molecular formula is C28H37N3O2. The molecule has 0 radical (unpaired) electrons. The Bertz CT molecular complexity index is 944. The zero-order valence-corrected chi connectivity index (χ0v) is 19.9. The average Bonchev–Trinajstić information content (AvgIpc) is 3.26. The van der Waals surface area contributed by atoms with Gasteiger partial charge >= 0.3 is 0 Å². The van der Waals surface area contributed by atoms with E-state index in [4.69, 9.17) is 4.74 Å². The third-order valence-corrected chi connectivity index (χ3v) is 8.06. The maximum absolute atomic E-state index is 12.8. The number of anilines is 1. The van der Waals surface area contributed by atoms with Crippen LogP contribution in [0.3, 0.4) is 0 Å². The fourth-order valence-corrected chi connectivity index (χ4v) is 5.83. The van der Waals surface area contributed by atoms with Crippen molar-refractivity contribution in [3.8, 4) is 5.75 Å². The lowest BCUT2D eigenvalue weighted by atomic mass is 9.90. The molecule has 5 heteroatoms. The van der Waals surface area contributed by atoms with Crippen molar-refractivity contribution < 1.29 is 9.53 Å². The normalized spacial score (nSPS) is 21.8. The van der Waals surface area contributed by atoms with E-state index in [1.165, 1.54) is 37.2 Å². The lowest BCUT2D eigenvalue weighted by molar-refractivity contribution is -0.123. The average molecular weight is 448 g/mol. The van der Waals surface area contributed by atoms with Crippen LogP contribution in [0.5, 0.6) is 5.75 Å². The largest absolute Gasteiger partial charge is 0.496 e. The van der Waals surface area contributed by atoms with Gasteiger partial charge in [-0.1, -0.05) is 30.3 Å². The van der Waals surface area contributed by atoms with E-state index in [1.54, 1.807) is 7.11 Å². The van der Waals surface area contributed by atoms with Crippen LogP contribution >= 0.6 is 0 Å². The van der Waals surface area contributed by atoms with Crippen LogP contribution in [0.2, 0.25) is 0 Å². The van der Waals surface area contributed by atoms with Crippen molar-refractivity contribution in [1.82, 2.24) is 10.2 Å². The van der Waals surface area contributed by atoms with Gasteiger partial charge in [0.15, 0.2) is 0 Å². The van der Waals surface area contributed by atoms with Gasteiger partial charge in [0.05, 0.1) is 7.11 Å². The van der Waals surface area contributed by atoms with Gasteiger partial charge in [0.2, 0.25) is 5.91 Å². The number of hydrogen-bond acceptors (Lipinski definition) is 4. The Morgan fingerprint density at radius 2 is 1.76 bits per heavy atom. The van der Waals surface area contributed by atoms with E-state index in [0.29, 0.717) is 6.54 Å². The van der Waals surface area contributed by atoms with E-state index in [9.17, 15) is 4.79 Å². The number of para-hydroxylation sites is 1. The third kappa shape index (κ3) is 5.03. The molecule has 5 nitrogen and oxygen atoms in total. The lowest BCUT2D eigenvalue weighted by Crippen LogP contribution is -2.37. The van der Waals surface area contributed by atoms with Crippen LogP contribution < -0.4 is 15.0 Å². The number of likely N-dealkylation sites (tertiary alicyclic amines) is 1. The van der Waals surface area contributed by atoms with Gasteiger partial charge in [0.25, 0.3) is 0 Å². The Morgan fingerprint density at radius 3 is 2.48 bits per heavy atom. The molecule has 1 atom stereocenters. The standard InChI is InChI=1S/C28H37N3O2/c1-33-26-7-3-2-6-23(26)12-15-29-27(32)25-20-28(25)13-18-30(19-14-28)21-22-8-10-24(11-9-22)31-16-4-5-17-31/h2-3,6-11,25H,4-5,12-21H2,1H3,(H,29,32)/t25-/m0/s1. The smallest absolute Gasteiger partial charge is 0.223 e. The molecular weight excluding hydrogens is 410 g/mol. The predicted octanol–water partition coefficient (Wildman–Crippen LogP) is 4.26. The summed E-state index contributed by atoms with van der Waals surface area (Å²) < 4.78 is 5.41. The minimum absolute atomic E-state index is 0.206. The maximum atomic E-state index is 12.8. The highest BCUT2D eigenvalue weighted by molar-refractivity contribution is 5.82. The number of piperidine rings is 1. The fourth-order valence-electron chi connectivity index (χ4n) is 5.83. The van der Waals surface area contributed by atoms with E-state index in [2.05, 4.69) is 45.4 Å². The van der Waals surface area contributed by atoms with Crippen molar-refractivity contribution in [3.63, 3.8) is 0 Å². The molecule has 0 bridgehead atoms. The number of methoxy groups -OCH3 is 1. The van der Waals surface area contributed by atoms with Crippen molar-refractivity contribution in [2.45, 2.75) is 45.1 Å². The highest BCUT2D eigenvalue weighted by Gasteiger charge is 2.58. The molecule has 0 aromatic heterocycles. The van der Waals surface area contributed by atoms with Crippen LogP contribution in [0.25, 0.3) is 0 Å². The number of ether oxygens (including phenoxy) is 1. The molecule has 33 heavy (non-hydrogen) atoms. The molecule has 1 saturated carbocycles. The third-order valence-electron chi connectivity index (χ3n) is 8.06. The van der Waals surface area contributed by atoms with E-state index in [-0.39, 0.29) is 17.2 Å². The van der Waals surface area contributed by atoms with Gasteiger partial charge in [0.1, 0.15) is 5.75 Å². The summed E-state index contributed by atoms with van der Waals surface area (Å²) in [5, 5.41) is 3.18. The van der Waals surface area contributed by atoms with Crippen LogP contribution in [0.1, 0.15) is 43.2 Å². The number of nitrogens with zero attached hydrogens (tertiary/aromatic N) is 2. The quantitative estimate of drug-likeness (QED) is 0.657. The van der Waals surface area contributed by atoms with Gasteiger partial charge in [-0.2, -0.15) is 0 Å². The maximum Gasteiger partial charge on any atom is 0.223 e. The summed E-state index contributed by atoms with van der Waals surface area (Å²) >= 11 is 0. The summed E-state index contributed by atoms with van der Waals surface area (Å²) in [5.41, 5.74) is 4.17. The van der Waals surface area contributed by atoms with Gasteiger partial charge in [0, 0.05) is 37.8 Å². The second kappa shape index (κ2) is 9.76. The Hall–Kier alpha value is -2.53. The van der Waals surface area contributed by atoms with Gasteiger partial charge in [-0.25, -0.2) is 0 Å². The molecule has 1 amide bonds. The molecule has 3 fully saturated rings. The van der Waals surface area contributed by atoms with Crippen LogP contribution in [0.15, 0.2) is 48.5 Å². The highest BCUT2D eigenvalue weighted by Crippen LogP contribution is 2.59. The van der Waals surface area contributed by atoms with Crippen molar-refractivity contribution >= 4 is 11.6 Å². The van der Waals surface area contributed by atoms with Gasteiger partial charge in [-0.05, 0) is 86.4 Å². The Morgan fingerprint density at radius 1 is 1.03 bits per heavy atom. The molecule has 2 aromatic rings.